The summed E-state index contributed by atoms with van der Waals surface area (Å²) in [6, 6.07) is 14.8. The topological polar surface area (TPSA) is 61.0 Å². The summed E-state index contributed by atoms with van der Waals surface area (Å²) in [7, 11) is 0. The van der Waals surface area contributed by atoms with Crippen LogP contribution in [0.25, 0.3) is 10.8 Å². The molecule has 1 aromatic heterocycles. The molecule has 0 aliphatic carbocycles. The summed E-state index contributed by atoms with van der Waals surface area (Å²) in [6.45, 7) is 4.06. The van der Waals surface area contributed by atoms with Gasteiger partial charge in [0, 0.05) is 44.0 Å². The standard InChI is InChI=1S/C20H22N4O/c1-14-21-10-18(23-14)11-22-17-9-20(25)24(13-17)12-16-7-4-6-15-5-2-3-8-19(15)16/h2-8,10,17,22H,9,11-13H2,1H3,(H,21,23)/t17-/m1/s1. The number of carbonyl (C=O) groups excluding carboxylic acids is 1. The van der Waals surface area contributed by atoms with Crippen LogP contribution in [-0.2, 0) is 17.9 Å². The first-order valence-electron chi connectivity index (χ1n) is 8.67. The Morgan fingerprint density at radius 3 is 2.92 bits per heavy atom. The minimum atomic E-state index is 0.186. The lowest BCUT2D eigenvalue weighted by Gasteiger charge is -2.18. The number of imidazole rings is 1. The molecule has 25 heavy (non-hydrogen) atoms. The summed E-state index contributed by atoms with van der Waals surface area (Å²) in [5, 5.41) is 5.90. The highest BCUT2D eigenvalue weighted by atomic mass is 16.2. The number of nitrogens with one attached hydrogen (secondary N) is 2. The van der Waals surface area contributed by atoms with Crippen LogP contribution < -0.4 is 5.32 Å². The molecule has 1 atom stereocenters. The molecule has 0 saturated carbocycles. The van der Waals surface area contributed by atoms with Crippen LogP contribution in [0.1, 0.15) is 23.5 Å². The predicted octanol–water partition coefficient (Wildman–Crippen LogP) is 2.76. The van der Waals surface area contributed by atoms with E-state index >= 15 is 0 Å². The van der Waals surface area contributed by atoms with E-state index in [1.807, 2.05) is 30.2 Å². The molecule has 1 aliphatic rings. The van der Waals surface area contributed by atoms with Gasteiger partial charge in [0.15, 0.2) is 0 Å². The van der Waals surface area contributed by atoms with Crippen LogP contribution in [0.3, 0.4) is 0 Å². The van der Waals surface area contributed by atoms with Gasteiger partial charge in [-0.05, 0) is 23.3 Å². The maximum atomic E-state index is 12.4. The Balaban J connectivity index is 1.42. The fourth-order valence-electron chi connectivity index (χ4n) is 3.51. The molecule has 1 aliphatic heterocycles. The van der Waals surface area contributed by atoms with Gasteiger partial charge in [0.25, 0.3) is 0 Å². The molecule has 0 radical (unpaired) electrons. The number of hydrogen-bond donors (Lipinski definition) is 2. The Morgan fingerprint density at radius 2 is 2.08 bits per heavy atom. The van der Waals surface area contributed by atoms with Crippen molar-refractivity contribution >= 4 is 16.7 Å². The largest absolute Gasteiger partial charge is 0.345 e. The molecule has 5 nitrogen and oxygen atoms in total. The molecule has 2 N–H and O–H groups in total. The van der Waals surface area contributed by atoms with E-state index < -0.39 is 0 Å². The van der Waals surface area contributed by atoms with Gasteiger partial charge in [-0.15, -0.1) is 0 Å². The number of rotatable bonds is 5. The van der Waals surface area contributed by atoms with Gasteiger partial charge in [-0.25, -0.2) is 4.98 Å². The van der Waals surface area contributed by atoms with E-state index in [0.29, 0.717) is 19.5 Å². The second-order valence-electron chi connectivity index (χ2n) is 6.69. The SMILES string of the molecule is Cc1ncc(CN[C@@H]2CC(=O)N(Cc3cccc4ccccc34)C2)[nH]1. The van der Waals surface area contributed by atoms with E-state index in [2.05, 4.69) is 45.6 Å². The average Bonchev–Trinajstić information content (AvgIpc) is 3.19. The minimum absolute atomic E-state index is 0.186. The Kier molecular flexibility index (Phi) is 4.24. The van der Waals surface area contributed by atoms with Crippen LogP contribution in [-0.4, -0.2) is 33.4 Å². The fraction of sp³-hybridized carbons (Fsp3) is 0.300. The highest BCUT2D eigenvalue weighted by Crippen LogP contribution is 2.22. The van der Waals surface area contributed by atoms with Crippen molar-refractivity contribution in [1.82, 2.24) is 20.2 Å². The molecule has 4 rings (SSSR count). The molecule has 0 spiro atoms. The number of aromatic nitrogens is 2. The number of amides is 1. The third-order valence-electron chi connectivity index (χ3n) is 4.79. The molecule has 128 valence electrons. The van der Waals surface area contributed by atoms with Gasteiger partial charge >= 0.3 is 0 Å². The zero-order chi connectivity index (χ0) is 17.2. The maximum absolute atomic E-state index is 12.4. The summed E-state index contributed by atoms with van der Waals surface area (Å²) in [5.74, 6) is 1.13. The van der Waals surface area contributed by atoms with Crippen molar-refractivity contribution in [2.45, 2.75) is 32.5 Å². The normalized spacial score (nSPS) is 17.6. The number of likely N-dealkylation sites (tertiary alicyclic amines) is 1. The lowest BCUT2D eigenvalue weighted by molar-refractivity contribution is -0.128. The minimum Gasteiger partial charge on any atom is -0.345 e. The Labute approximate surface area is 147 Å². The zero-order valence-electron chi connectivity index (χ0n) is 14.3. The number of carbonyl (C=O) groups is 1. The number of hydrogen-bond acceptors (Lipinski definition) is 3. The van der Waals surface area contributed by atoms with Gasteiger partial charge in [0.1, 0.15) is 5.82 Å². The Hall–Kier alpha value is -2.66. The van der Waals surface area contributed by atoms with Crippen LogP contribution in [0, 0.1) is 6.92 Å². The van der Waals surface area contributed by atoms with Gasteiger partial charge in [-0.1, -0.05) is 42.5 Å². The summed E-state index contributed by atoms with van der Waals surface area (Å²) >= 11 is 0. The van der Waals surface area contributed by atoms with Gasteiger partial charge in [0.05, 0.1) is 0 Å². The molecule has 0 unspecified atom stereocenters. The number of aryl methyl sites for hydroxylation is 1. The third kappa shape index (κ3) is 3.42. The van der Waals surface area contributed by atoms with Crippen LogP contribution in [0.15, 0.2) is 48.7 Å². The molecule has 0 bridgehead atoms. The van der Waals surface area contributed by atoms with E-state index in [0.717, 1.165) is 18.1 Å². The Bertz CT molecular complexity index is 896. The van der Waals surface area contributed by atoms with Crippen LogP contribution in [0.2, 0.25) is 0 Å². The first kappa shape index (κ1) is 15.8. The molecule has 1 saturated heterocycles. The maximum Gasteiger partial charge on any atom is 0.224 e. The third-order valence-corrected chi connectivity index (χ3v) is 4.79. The van der Waals surface area contributed by atoms with E-state index in [1.165, 1.54) is 16.3 Å². The number of nitrogens with zero attached hydrogens (tertiary/aromatic N) is 2. The van der Waals surface area contributed by atoms with Crippen molar-refractivity contribution in [3.8, 4) is 0 Å². The molecule has 2 aromatic carbocycles. The number of fused-ring (bicyclic) bond motifs is 1. The molecule has 1 amide bonds. The van der Waals surface area contributed by atoms with Gasteiger partial charge in [-0.3, -0.25) is 4.79 Å². The van der Waals surface area contributed by atoms with Crippen molar-refractivity contribution in [3.63, 3.8) is 0 Å². The summed E-state index contributed by atoms with van der Waals surface area (Å²) < 4.78 is 0. The quantitative estimate of drug-likeness (QED) is 0.754. The van der Waals surface area contributed by atoms with Crippen LogP contribution in [0.5, 0.6) is 0 Å². The van der Waals surface area contributed by atoms with Crippen molar-refractivity contribution in [2.24, 2.45) is 0 Å². The molecular weight excluding hydrogens is 312 g/mol. The lowest BCUT2D eigenvalue weighted by atomic mass is 10.0. The van der Waals surface area contributed by atoms with Gasteiger partial charge in [-0.2, -0.15) is 0 Å². The summed E-state index contributed by atoms with van der Waals surface area (Å²) in [6.07, 6.45) is 2.39. The highest BCUT2D eigenvalue weighted by Gasteiger charge is 2.29. The Morgan fingerprint density at radius 1 is 1.24 bits per heavy atom. The lowest BCUT2D eigenvalue weighted by Crippen LogP contribution is -2.32. The van der Waals surface area contributed by atoms with Crippen LogP contribution >= 0.6 is 0 Å². The number of H-pyrrole nitrogens is 1. The molecule has 3 aromatic rings. The van der Waals surface area contributed by atoms with Crippen LogP contribution in [0.4, 0.5) is 0 Å². The van der Waals surface area contributed by atoms with Crippen molar-refractivity contribution in [1.29, 1.82) is 0 Å². The van der Waals surface area contributed by atoms with E-state index in [9.17, 15) is 4.79 Å². The monoisotopic (exact) mass is 334 g/mol. The summed E-state index contributed by atoms with van der Waals surface area (Å²) in [4.78, 5) is 21.8. The average molecular weight is 334 g/mol. The predicted molar refractivity (Wildman–Crippen MR) is 97.9 cm³/mol. The van der Waals surface area contributed by atoms with Gasteiger partial charge < -0.3 is 15.2 Å². The van der Waals surface area contributed by atoms with Crippen molar-refractivity contribution in [3.05, 3.63) is 65.7 Å². The first-order chi connectivity index (χ1) is 12.2. The van der Waals surface area contributed by atoms with Crippen molar-refractivity contribution in [2.75, 3.05) is 6.54 Å². The number of aromatic amines is 1. The van der Waals surface area contributed by atoms with E-state index in [4.69, 9.17) is 0 Å². The van der Waals surface area contributed by atoms with Gasteiger partial charge in [0.2, 0.25) is 5.91 Å². The van der Waals surface area contributed by atoms with E-state index in [1.54, 1.807) is 0 Å². The molecule has 5 heteroatoms. The highest BCUT2D eigenvalue weighted by molar-refractivity contribution is 5.86. The second-order valence-corrected chi connectivity index (χ2v) is 6.69. The molecule has 1 fully saturated rings. The molecular formula is C20H22N4O. The van der Waals surface area contributed by atoms with E-state index in [-0.39, 0.29) is 11.9 Å². The second kappa shape index (κ2) is 6.69. The van der Waals surface area contributed by atoms with Crippen molar-refractivity contribution < 1.29 is 4.79 Å². The number of benzene rings is 2. The molecule has 2 heterocycles. The fourth-order valence-corrected chi connectivity index (χ4v) is 3.51. The zero-order valence-corrected chi connectivity index (χ0v) is 14.3. The summed E-state index contributed by atoms with van der Waals surface area (Å²) in [5.41, 5.74) is 2.26. The smallest absolute Gasteiger partial charge is 0.224 e. The first-order valence-corrected chi connectivity index (χ1v) is 8.67.